The molecule has 0 unspecified atom stereocenters. The molecule has 0 aliphatic carbocycles. The molecule has 2 N–H and O–H groups in total. The molecule has 1 heterocycles. The van der Waals surface area contributed by atoms with Gasteiger partial charge in [0.15, 0.2) is 0 Å². The number of sulfonamides is 1. The number of piperazine rings is 1. The van der Waals surface area contributed by atoms with Crippen LogP contribution >= 0.6 is 15.9 Å². The Bertz CT molecular complexity index is 1060. The first-order valence-electron chi connectivity index (χ1n) is 9.39. The minimum Gasteiger partial charge on any atom is -0.478 e. The number of carbonyl (C=O) groups excluding carboxylic acids is 1. The summed E-state index contributed by atoms with van der Waals surface area (Å²) >= 11 is 3.29. The van der Waals surface area contributed by atoms with Crippen LogP contribution in [0.2, 0.25) is 0 Å². The van der Waals surface area contributed by atoms with Gasteiger partial charge in [-0.15, -0.1) is 0 Å². The number of hydrogen-bond acceptors (Lipinski definition) is 6. The lowest BCUT2D eigenvalue weighted by Crippen LogP contribution is -2.50. The molecule has 0 radical (unpaired) electrons. The molecule has 2 aromatic carbocycles. The number of benzene rings is 2. The number of amides is 1. The van der Waals surface area contributed by atoms with E-state index >= 15 is 0 Å². The second-order valence-corrected chi connectivity index (χ2v) is 9.71. The predicted octanol–water partition coefficient (Wildman–Crippen LogP) is 1.60. The molecule has 0 atom stereocenters. The van der Waals surface area contributed by atoms with E-state index in [2.05, 4.69) is 26.5 Å². The maximum Gasteiger partial charge on any atom is 0.335 e. The smallest absolute Gasteiger partial charge is 0.335 e. The number of nitrogens with one attached hydrogen (secondary N) is 1. The molecular weight excluding hydrogens is 488 g/mol. The zero-order valence-corrected chi connectivity index (χ0v) is 18.8. The van der Waals surface area contributed by atoms with E-state index in [0.717, 1.165) is 4.47 Å². The third-order valence-electron chi connectivity index (χ3n) is 4.71. The summed E-state index contributed by atoms with van der Waals surface area (Å²) in [5.41, 5.74) is 3.24. The molecule has 1 amide bonds. The van der Waals surface area contributed by atoms with Crippen molar-refractivity contribution in [1.82, 2.24) is 14.6 Å². The van der Waals surface area contributed by atoms with E-state index in [1.54, 1.807) is 36.4 Å². The van der Waals surface area contributed by atoms with Gasteiger partial charge in [-0.1, -0.05) is 28.1 Å². The summed E-state index contributed by atoms with van der Waals surface area (Å²) in [5.74, 6) is -1.33. The van der Waals surface area contributed by atoms with Crippen LogP contribution in [-0.2, 0) is 14.8 Å². The minimum absolute atomic E-state index is 0.0987. The Labute approximate surface area is 188 Å². The topological polar surface area (TPSA) is 119 Å². The van der Waals surface area contributed by atoms with Gasteiger partial charge in [0.1, 0.15) is 0 Å². The fraction of sp³-hybridized carbons (Fsp3) is 0.250. The van der Waals surface area contributed by atoms with Gasteiger partial charge in [-0.05, 0) is 42.0 Å². The molecule has 0 bridgehead atoms. The number of halogens is 1. The van der Waals surface area contributed by atoms with Gasteiger partial charge in [-0.2, -0.15) is 9.41 Å². The Kier molecular flexibility index (Phi) is 7.55. The van der Waals surface area contributed by atoms with Gasteiger partial charge in [0.25, 0.3) is 5.91 Å². The summed E-state index contributed by atoms with van der Waals surface area (Å²) in [7, 11) is -3.56. The highest BCUT2D eigenvalue weighted by Crippen LogP contribution is 2.20. The SMILES string of the molecule is O=C(CN1CCN(S(=O)(=O)c2ccc(Br)cc2)CC1)N/N=C\c1ccc(C(=O)O)cc1. The molecule has 164 valence electrons. The molecule has 11 heteroatoms. The molecule has 3 rings (SSSR count). The summed E-state index contributed by atoms with van der Waals surface area (Å²) < 4.78 is 27.7. The highest BCUT2D eigenvalue weighted by atomic mass is 79.9. The fourth-order valence-corrected chi connectivity index (χ4v) is 4.70. The number of nitrogens with zero attached hydrogens (tertiary/aromatic N) is 3. The van der Waals surface area contributed by atoms with Crippen LogP contribution in [0.3, 0.4) is 0 Å². The van der Waals surface area contributed by atoms with Gasteiger partial charge in [-0.3, -0.25) is 9.69 Å². The van der Waals surface area contributed by atoms with Crippen LogP contribution in [-0.4, -0.2) is 73.5 Å². The lowest BCUT2D eigenvalue weighted by atomic mass is 10.1. The van der Waals surface area contributed by atoms with Crippen molar-refractivity contribution >= 4 is 44.0 Å². The van der Waals surface area contributed by atoms with Crippen LogP contribution in [0.4, 0.5) is 0 Å². The number of aromatic carboxylic acids is 1. The Balaban J connectivity index is 1.46. The van der Waals surface area contributed by atoms with Crippen molar-refractivity contribution in [2.24, 2.45) is 5.10 Å². The van der Waals surface area contributed by atoms with E-state index in [1.165, 1.54) is 22.7 Å². The monoisotopic (exact) mass is 508 g/mol. The maximum atomic E-state index is 12.7. The van der Waals surface area contributed by atoms with Crippen molar-refractivity contribution in [3.63, 3.8) is 0 Å². The second kappa shape index (κ2) is 10.1. The number of carboxylic acids is 1. The molecule has 1 aliphatic heterocycles. The van der Waals surface area contributed by atoms with Crippen molar-refractivity contribution < 1.29 is 23.1 Å². The Morgan fingerprint density at radius 2 is 1.65 bits per heavy atom. The van der Waals surface area contributed by atoms with Crippen LogP contribution in [0.15, 0.2) is 63.0 Å². The fourth-order valence-electron chi connectivity index (χ4n) is 3.01. The van der Waals surface area contributed by atoms with Crippen molar-refractivity contribution in [3.05, 3.63) is 64.1 Å². The Morgan fingerprint density at radius 3 is 2.23 bits per heavy atom. The molecule has 0 saturated carbocycles. The summed E-state index contributed by atoms with van der Waals surface area (Å²) in [6.07, 6.45) is 1.42. The van der Waals surface area contributed by atoms with Gasteiger partial charge in [-0.25, -0.2) is 18.6 Å². The number of hydrogen-bond donors (Lipinski definition) is 2. The van der Waals surface area contributed by atoms with E-state index in [4.69, 9.17) is 5.11 Å². The van der Waals surface area contributed by atoms with Crippen molar-refractivity contribution in [1.29, 1.82) is 0 Å². The van der Waals surface area contributed by atoms with Crippen molar-refractivity contribution in [3.8, 4) is 0 Å². The summed E-state index contributed by atoms with van der Waals surface area (Å²) in [6, 6.07) is 12.6. The van der Waals surface area contributed by atoms with Crippen LogP contribution < -0.4 is 5.43 Å². The van der Waals surface area contributed by atoms with Gasteiger partial charge in [0, 0.05) is 30.7 Å². The maximum absolute atomic E-state index is 12.7. The molecule has 2 aromatic rings. The summed E-state index contributed by atoms with van der Waals surface area (Å²) in [6.45, 7) is 1.56. The van der Waals surface area contributed by atoms with Crippen LogP contribution in [0.1, 0.15) is 15.9 Å². The molecular formula is C20H21BrN4O5S. The molecule has 0 spiro atoms. The summed E-state index contributed by atoms with van der Waals surface area (Å²) in [4.78, 5) is 25.0. The van der Waals surface area contributed by atoms with E-state index in [9.17, 15) is 18.0 Å². The number of rotatable bonds is 7. The first-order valence-corrected chi connectivity index (χ1v) is 11.6. The predicted molar refractivity (Wildman–Crippen MR) is 118 cm³/mol. The number of carboxylic acid groups (broad SMARTS) is 1. The first-order chi connectivity index (χ1) is 14.8. The van der Waals surface area contributed by atoms with Gasteiger partial charge in [0.05, 0.1) is 23.2 Å². The molecule has 9 nitrogen and oxygen atoms in total. The zero-order chi connectivity index (χ0) is 22.4. The van der Waals surface area contributed by atoms with E-state index in [0.29, 0.717) is 31.7 Å². The third kappa shape index (κ3) is 6.20. The molecule has 1 fully saturated rings. The summed E-state index contributed by atoms with van der Waals surface area (Å²) in [5, 5.41) is 12.7. The number of carbonyl (C=O) groups is 2. The average Bonchev–Trinajstić information content (AvgIpc) is 2.75. The third-order valence-corrected chi connectivity index (χ3v) is 7.15. The Morgan fingerprint density at radius 1 is 1.03 bits per heavy atom. The highest BCUT2D eigenvalue weighted by molar-refractivity contribution is 9.10. The number of hydrazone groups is 1. The normalized spacial score (nSPS) is 15.8. The standard InChI is InChI=1S/C20H21BrN4O5S/c21-17-5-7-18(8-6-17)31(29,30)25-11-9-24(10-12-25)14-19(26)23-22-13-15-1-3-16(4-2-15)20(27)28/h1-8,13H,9-12,14H2,(H,23,26)(H,27,28)/b22-13-. The Hall–Kier alpha value is -2.60. The van der Waals surface area contributed by atoms with Crippen LogP contribution in [0.25, 0.3) is 0 Å². The van der Waals surface area contributed by atoms with Crippen molar-refractivity contribution in [2.45, 2.75) is 4.90 Å². The van der Waals surface area contributed by atoms with Gasteiger partial charge < -0.3 is 5.11 Å². The molecule has 31 heavy (non-hydrogen) atoms. The average molecular weight is 509 g/mol. The van der Waals surface area contributed by atoms with Crippen LogP contribution in [0.5, 0.6) is 0 Å². The first kappa shape index (κ1) is 23.1. The van der Waals surface area contributed by atoms with Gasteiger partial charge >= 0.3 is 5.97 Å². The van der Waals surface area contributed by atoms with E-state index in [1.807, 2.05) is 4.90 Å². The quantitative estimate of drug-likeness (QED) is 0.433. The van der Waals surface area contributed by atoms with Crippen molar-refractivity contribution in [2.75, 3.05) is 32.7 Å². The van der Waals surface area contributed by atoms with Crippen LogP contribution in [0, 0.1) is 0 Å². The minimum atomic E-state index is -3.56. The van der Waals surface area contributed by atoms with E-state index < -0.39 is 16.0 Å². The largest absolute Gasteiger partial charge is 0.478 e. The van der Waals surface area contributed by atoms with E-state index in [-0.39, 0.29) is 22.9 Å². The second-order valence-electron chi connectivity index (χ2n) is 6.85. The zero-order valence-electron chi connectivity index (χ0n) is 16.4. The molecule has 0 aromatic heterocycles. The molecule has 1 aliphatic rings. The lowest BCUT2D eigenvalue weighted by molar-refractivity contribution is -0.122. The molecule has 1 saturated heterocycles. The highest BCUT2D eigenvalue weighted by Gasteiger charge is 2.28. The van der Waals surface area contributed by atoms with Gasteiger partial charge in [0.2, 0.25) is 10.0 Å². The lowest BCUT2D eigenvalue weighted by Gasteiger charge is -2.33.